The lowest BCUT2D eigenvalue weighted by atomic mass is 10.0. The Hall–Kier alpha value is -1.55. The fraction of sp³-hybridized carbons (Fsp3) is 0.188. The highest BCUT2D eigenvalue weighted by Gasteiger charge is 2.15. The first-order valence-corrected chi connectivity index (χ1v) is 7.32. The summed E-state index contributed by atoms with van der Waals surface area (Å²) in [5, 5.41) is 13.7. The third-order valence-electron chi connectivity index (χ3n) is 3.13. The van der Waals surface area contributed by atoms with E-state index < -0.39 is 6.10 Å². The average Bonchev–Trinajstić information content (AvgIpc) is 2.48. The Morgan fingerprint density at radius 1 is 1.24 bits per heavy atom. The van der Waals surface area contributed by atoms with Gasteiger partial charge in [-0.3, -0.25) is 4.79 Å². The largest absolute Gasteiger partial charge is 0.388 e. The molecule has 0 bridgehead atoms. The van der Waals surface area contributed by atoms with Crippen LogP contribution in [-0.2, 0) is 0 Å². The summed E-state index contributed by atoms with van der Waals surface area (Å²) in [6.45, 7) is 1.85. The summed E-state index contributed by atoms with van der Waals surface area (Å²) in [6.07, 6.45) is -0.166. The quantitative estimate of drug-likeness (QED) is 0.857. The normalized spacial score (nSPS) is 12.0. The minimum Gasteiger partial charge on any atom is -0.388 e. The maximum Gasteiger partial charge on any atom is 0.257 e. The summed E-state index contributed by atoms with van der Waals surface area (Å²) in [5.41, 5.74) is 1.50. The molecule has 0 saturated carbocycles. The van der Waals surface area contributed by atoms with E-state index in [0.717, 1.165) is 0 Å². The van der Waals surface area contributed by atoms with Gasteiger partial charge in [0.05, 0.1) is 16.7 Å². The standard InChI is InChI=1S/C16H15Cl2NO2/c1-2-15(20)12-9-10(17)7-8-14(12)19-16(21)11-5-3-4-6-13(11)18/h3-9,15,20H,2H2,1H3,(H,19,21). The summed E-state index contributed by atoms with van der Waals surface area (Å²) in [6, 6.07) is 11.8. The summed E-state index contributed by atoms with van der Waals surface area (Å²) in [7, 11) is 0. The number of carbonyl (C=O) groups is 1. The molecule has 2 aromatic rings. The van der Waals surface area contributed by atoms with Crippen LogP contribution in [0.25, 0.3) is 0 Å². The Morgan fingerprint density at radius 2 is 1.95 bits per heavy atom. The van der Waals surface area contributed by atoms with Crippen molar-refractivity contribution in [2.45, 2.75) is 19.4 Å². The number of hydrogen-bond donors (Lipinski definition) is 2. The number of aliphatic hydroxyl groups excluding tert-OH is 1. The van der Waals surface area contributed by atoms with Crippen LogP contribution in [0.1, 0.15) is 35.4 Å². The van der Waals surface area contributed by atoms with E-state index in [1.807, 2.05) is 6.92 Å². The van der Waals surface area contributed by atoms with Gasteiger partial charge >= 0.3 is 0 Å². The first-order chi connectivity index (χ1) is 10.0. The Morgan fingerprint density at radius 3 is 2.62 bits per heavy atom. The van der Waals surface area contributed by atoms with E-state index in [9.17, 15) is 9.90 Å². The van der Waals surface area contributed by atoms with Gasteiger partial charge in [0.15, 0.2) is 0 Å². The molecule has 0 aliphatic carbocycles. The van der Waals surface area contributed by atoms with Gasteiger partial charge in [0.25, 0.3) is 5.91 Å². The first kappa shape index (κ1) is 15.8. The van der Waals surface area contributed by atoms with Gasteiger partial charge in [0.2, 0.25) is 0 Å². The van der Waals surface area contributed by atoms with Gasteiger partial charge < -0.3 is 10.4 Å². The molecule has 0 radical (unpaired) electrons. The zero-order valence-corrected chi connectivity index (χ0v) is 12.9. The Bertz CT molecular complexity index is 658. The number of anilines is 1. The zero-order valence-electron chi connectivity index (χ0n) is 11.4. The van der Waals surface area contributed by atoms with Crippen LogP contribution < -0.4 is 5.32 Å². The van der Waals surface area contributed by atoms with Crippen LogP contribution >= 0.6 is 23.2 Å². The molecule has 2 aromatic carbocycles. The van der Waals surface area contributed by atoms with Crippen molar-refractivity contribution in [1.29, 1.82) is 0 Å². The predicted octanol–water partition coefficient (Wildman–Crippen LogP) is 4.69. The number of aliphatic hydroxyl groups is 1. The molecule has 0 spiro atoms. The van der Waals surface area contributed by atoms with Crippen LogP contribution in [-0.4, -0.2) is 11.0 Å². The van der Waals surface area contributed by atoms with Crippen LogP contribution in [0.2, 0.25) is 10.0 Å². The molecule has 110 valence electrons. The predicted molar refractivity (Wildman–Crippen MR) is 86.1 cm³/mol. The molecule has 0 fully saturated rings. The lowest BCUT2D eigenvalue weighted by Gasteiger charge is -2.15. The second kappa shape index (κ2) is 6.94. The second-order valence-electron chi connectivity index (χ2n) is 4.59. The van der Waals surface area contributed by atoms with Crippen LogP contribution in [0.5, 0.6) is 0 Å². The van der Waals surface area contributed by atoms with E-state index in [0.29, 0.717) is 33.3 Å². The van der Waals surface area contributed by atoms with Crippen molar-refractivity contribution in [3.63, 3.8) is 0 Å². The minimum atomic E-state index is -0.690. The van der Waals surface area contributed by atoms with Gasteiger partial charge in [-0.05, 0) is 36.8 Å². The number of halogens is 2. The monoisotopic (exact) mass is 323 g/mol. The molecule has 0 saturated heterocycles. The van der Waals surface area contributed by atoms with Gasteiger partial charge in [-0.25, -0.2) is 0 Å². The van der Waals surface area contributed by atoms with E-state index in [1.54, 1.807) is 42.5 Å². The smallest absolute Gasteiger partial charge is 0.257 e. The molecule has 3 nitrogen and oxygen atoms in total. The highest BCUT2D eigenvalue weighted by Crippen LogP contribution is 2.29. The molecule has 0 aliphatic rings. The fourth-order valence-corrected chi connectivity index (χ4v) is 2.38. The lowest BCUT2D eigenvalue weighted by molar-refractivity contribution is 0.102. The third-order valence-corrected chi connectivity index (χ3v) is 3.69. The number of benzene rings is 2. The lowest BCUT2D eigenvalue weighted by Crippen LogP contribution is -2.14. The molecule has 1 amide bonds. The van der Waals surface area contributed by atoms with E-state index >= 15 is 0 Å². The van der Waals surface area contributed by atoms with Crippen molar-refractivity contribution in [2.24, 2.45) is 0 Å². The minimum absolute atomic E-state index is 0.326. The van der Waals surface area contributed by atoms with Crippen molar-refractivity contribution in [3.8, 4) is 0 Å². The van der Waals surface area contributed by atoms with Gasteiger partial charge in [-0.15, -0.1) is 0 Å². The molecule has 1 atom stereocenters. The summed E-state index contributed by atoms with van der Waals surface area (Å²) < 4.78 is 0. The van der Waals surface area contributed by atoms with Crippen LogP contribution in [0.3, 0.4) is 0 Å². The van der Waals surface area contributed by atoms with Crippen LogP contribution in [0, 0.1) is 0 Å². The number of amides is 1. The van der Waals surface area contributed by atoms with Gasteiger partial charge in [0, 0.05) is 16.3 Å². The third kappa shape index (κ3) is 3.76. The molecular weight excluding hydrogens is 309 g/mol. The Labute approximate surface area is 133 Å². The fourth-order valence-electron chi connectivity index (χ4n) is 1.98. The van der Waals surface area contributed by atoms with E-state index in [1.165, 1.54) is 0 Å². The number of nitrogens with one attached hydrogen (secondary N) is 1. The average molecular weight is 324 g/mol. The molecule has 21 heavy (non-hydrogen) atoms. The number of rotatable bonds is 4. The SMILES string of the molecule is CCC(O)c1cc(Cl)ccc1NC(=O)c1ccccc1Cl. The second-order valence-corrected chi connectivity index (χ2v) is 5.43. The summed E-state index contributed by atoms with van der Waals surface area (Å²) in [5.74, 6) is -0.326. The molecule has 2 N–H and O–H groups in total. The summed E-state index contributed by atoms with van der Waals surface area (Å²) >= 11 is 12.0. The van der Waals surface area contributed by atoms with Crippen molar-refractivity contribution < 1.29 is 9.90 Å². The maximum atomic E-state index is 12.3. The zero-order chi connectivity index (χ0) is 15.4. The van der Waals surface area contributed by atoms with Crippen molar-refractivity contribution in [1.82, 2.24) is 0 Å². The van der Waals surface area contributed by atoms with E-state index in [4.69, 9.17) is 23.2 Å². The van der Waals surface area contributed by atoms with E-state index in [-0.39, 0.29) is 5.91 Å². The van der Waals surface area contributed by atoms with Crippen LogP contribution in [0.4, 0.5) is 5.69 Å². The Kier molecular flexibility index (Phi) is 5.23. The topological polar surface area (TPSA) is 49.3 Å². The summed E-state index contributed by atoms with van der Waals surface area (Å²) in [4.78, 5) is 12.3. The molecule has 0 aromatic heterocycles. The molecule has 5 heteroatoms. The Balaban J connectivity index is 2.31. The molecular formula is C16H15Cl2NO2. The molecule has 0 aliphatic heterocycles. The van der Waals surface area contributed by atoms with Gasteiger partial charge in [0.1, 0.15) is 0 Å². The van der Waals surface area contributed by atoms with Crippen LogP contribution in [0.15, 0.2) is 42.5 Å². The van der Waals surface area contributed by atoms with Crippen molar-refractivity contribution in [2.75, 3.05) is 5.32 Å². The van der Waals surface area contributed by atoms with Crippen molar-refractivity contribution >= 4 is 34.8 Å². The molecule has 0 heterocycles. The van der Waals surface area contributed by atoms with E-state index in [2.05, 4.69) is 5.32 Å². The maximum absolute atomic E-state index is 12.3. The number of carbonyl (C=O) groups excluding carboxylic acids is 1. The number of hydrogen-bond acceptors (Lipinski definition) is 2. The van der Waals surface area contributed by atoms with Gasteiger partial charge in [-0.2, -0.15) is 0 Å². The molecule has 2 rings (SSSR count). The first-order valence-electron chi connectivity index (χ1n) is 6.56. The van der Waals surface area contributed by atoms with Crippen molar-refractivity contribution in [3.05, 3.63) is 63.6 Å². The molecule has 1 unspecified atom stereocenters. The highest BCUT2D eigenvalue weighted by molar-refractivity contribution is 6.34. The van der Waals surface area contributed by atoms with Gasteiger partial charge in [-0.1, -0.05) is 42.3 Å². The highest BCUT2D eigenvalue weighted by atomic mass is 35.5.